The standard InChI is InChI=1S/C13H14ClN5O/c14-11-6-10(8-18-12(11)19-15)13(20)17-5-3-9-2-1-4-16-7-9/h1-2,4,6-8H,3,5,15H2,(H,17,20)(H,18,19). The van der Waals surface area contributed by atoms with Crippen LogP contribution in [0.4, 0.5) is 5.82 Å². The number of carbonyl (C=O) groups excluding carboxylic acids is 1. The Kier molecular flexibility index (Phi) is 4.86. The van der Waals surface area contributed by atoms with E-state index in [-0.39, 0.29) is 5.91 Å². The number of hydrogen-bond acceptors (Lipinski definition) is 5. The van der Waals surface area contributed by atoms with Crippen molar-refractivity contribution in [2.75, 3.05) is 12.0 Å². The van der Waals surface area contributed by atoms with Crippen LogP contribution < -0.4 is 16.6 Å². The molecule has 0 fully saturated rings. The van der Waals surface area contributed by atoms with Crippen LogP contribution in [0.1, 0.15) is 15.9 Å². The number of nitrogens with zero attached hydrogens (tertiary/aromatic N) is 2. The highest BCUT2D eigenvalue weighted by Crippen LogP contribution is 2.18. The smallest absolute Gasteiger partial charge is 0.252 e. The number of nitrogen functional groups attached to an aromatic ring is 1. The Labute approximate surface area is 121 Å². The molecule has 2 aromatic rings. The summed E-state index contributed by atoms with van der Waals surface area (Å²) in [4.78, 5) is 19.9. The molecule has 0 aromatic carbocycles. The van der Waals surface area contributed by atoms with Gasteiger partial charge >= 0.3 is 0 Å². The number of hydrogen-bond donors (Lipinski definition) is 3. The van der Waals surface area contributed by atoms with Gasteiger partial charge in [0, 0.05) is 25.1 Å². The molecule has 0 radical (unpaired) electrons. The van der Waals surface area contributed by atoms with Crippen molar-refractivity contribution in [1.82, 2.24) is 15.3 Å². The maximum atomic E-state index is 11.9. The van der Waals surface area contributed by atoms with E-state index < -0.39 is 0 Å². The van der Waals surface area contributed by atoms with Gasteiger partial charge in [-0.15, -0.1) is 0 Å². The van der Waals surface area contributed by atoms with Crippen LogP contribution in [-0.4, -0.2) is 22.4 Å². The molecular weight excluding hydrogens is 278 g/mol. The third-order valence-electron chi connectivity index (χ3n) is 2.66. The second-order valence-corrected chi connectivity index (χ2v) is 4.47. The number of aromatic nitrogens is 2. The summed E-state index contributed by atoms with van der Waals surface area (Å²) in [7, 11) is 0. The number of anilines is 1. The van der Waals surface area contributed by atoms with E-state index in [9.17, 15) is 4.79 Å². The first-order valence-corrected chi connectivity index (χ1v) is 6.38. The van der Waals surface area contributed by atoms with Crippen molar-refractivity contribution in [3.05, 3.63) is 52.9 Å². The van der Waals surface area contributed by atoms with Crippen LogP contribution >= 0.6 is 11.6 Å². The summed E-state index contributed by atoms with van der Waals surface area (Å²) in [6.45, 7) is 0.513. The number of nitrogens with two attached hydrogens (primary N) is 1. The number of halogens is 1. The number of rotatable bonds is 5. The maximum Gasteiger partial charge on any atom is 0.252 e. The van der Waals surface area contributed by atoms with Crippen LogP contribution in [0.3, 0.4) is 0 Å². The molecule has 0 saturated heterocycles. The van der Waals surface area contributed by atoms with E-state index in [1.54, 1.807) is 12.4 Å². The highest BCUT2D eigenvalue weighted by atomic mass is 35.5. The van der Waals surface area contributed by atoms with Crippen molar-refractivity contribution in [2.24, 2.45) is 5.84 Å². The minimum Gasteiger partial charge on any atom is -0.352 e. The molecule has 0 spiro atoms. The van der Waals surface area contributed by atoms with Crippen molar-refractivity contribution in [3.63, 3.8) is 0 Å². The first-order valence-electron chi connectivity index (χ1n) is 6.00. The monoisotopic (exact) mass is 291 g/mol. The minimum absolute atomic E-state index is 0.230. The van der Waals surface area contributed by atoms with Gasteiger partial charge < -0.3 is 10.7 Å². The van der Waals surface area contributed by atoms with Gasteiger partial charge in [-0.3, -0.25) is 9.78 Å². The van der Waals surface area contributed by atoms with E-state index in [4.69, 9.17) is 17.4 Å². The van der Waals surface area contributed by atoms with Gasteiger partial charge in [0.1, 0.15) is 0 Å². The first kappa shape index (κ1) is 14.2. The maximum absolute atomic E-state index is 11.9. The minimum atomic E-state index is -0.230. The lowest BCUT2D eigenvalue weighted by Crippen LogP contribution is -2.26. The highest BCUT2D eigenvalue weighted by Gasteiger charge is 2.09. The van der Waals surface area contributed by atoms with E-state index in [2.05, 4.69) is 20.7 Å². The van der Waals surface area contributed by atoms with Gasteiger partial charge in [0.05, 0.1) is 10.6 Å². The first-order chi connectivity index (χ1) is 9.70. The van der Waals surface area contributed by atoms with Gasteiger partial charge in [-0.1, -0.05) is 17.7 Å². The van der Waals surface area contributed by atoms with Gasteiger partial charge in [0.25, 0.3) is 5.91 Å². The fraction of sp³-hybridized carbons (Fsp3) is 0.154. The molecule has 2 rings (SSSR count). The van der Waals surface area contributed by atoms with Gasteiger partial charge in [-0.2, -0.15) is 0 Å². The largest absolute Gasteiger partial charge is 0.352 e. The van der Waals surface area contributed by atoms with Crippen molar-refractivity contribution in [1.29, 1.82) is 0 Å². The zero-order valence-corrected chi connectivity index (χ0v) is 11.4. The van der Waals surface area contributed by atoms with Crippen LogP contribution in [0.2, 0.25) is 5.02 Å². The molecule has 0 aliphatic heterocycles. The molecule has 4 N–H and O–H groups in total. The van der Waals surface area contributed by atoms with E-state index in [1.165, 1.54) is 12.3 Å². The average Bonchev–Trinajstić information content (AvgIpc) is 2.48. The fourth-order valence-corrected chi connectivity index (χ4v) is 1.86. The molecule has 1 amide bonds. The summed E-state index contributed by atoms with van der Waals surface area (Å²) in [5.41, 5.74) is 3.80. The Bertz CT molecular complexity index is 591. The van der Waals surface area contributed by atoms with Crippen LogP contribution in [0.5, 0.6) is 0 Å². The molecule has 0 saturated carbocycles. The Hall–Kier alpha value is -2.18. The molecule has 7 heteroatoms. The number of amides is 1. The van der Waals surface area contributed by atoms with E-state index in [1.807, 2.05) is 12.1 Å². The summed E-state index contributed by atoms with van der Waals surface area (Å²) in [5, 5.41) is 3.09. The number of carbonyl (C=O) groups is 1. The van der Waals surface area contributed by atoms with Crippen molar-refractivity contribution in [2.45, 2.75) is 6.42 Å². The quantitative estimate of drug-likeness (QED) is 0.572. The molecule has 2 aromatic heterocycles. The fourth-order valence-electron chi connectivity index (χ4n) is 1.64. The number of nitrogens with one attached hydrogen (secondary N) is 2. The summed E-state index contributed by atoms with van der Waals surface area (Å²) in [6, 6.07) is 5.34. The predicted molar refractivity (Wildman–Crippen MR) is 77.3 cm³/mol. The van der Waals surface area contributed by atoms with E-state index >= 15 is 0 Å². The lowest BCUT2D eigenvalue weighted by Gasteiger charge is -2.07. The molecule has 0 bridgehead atoms. The Morgan fingerprint density at radius 3 is 2.90 bits per heavy atom. The van der Waals surface area contributed by atoms with Crippen LogP contribution in [-0.2, 0) is 6.42 Å². The number of hydrazine groups is 1. The molecule has 104 valence electrons. The normalized spacial score (nSPS) is 10.1. The molecule has 0 aliphatic rings. The van der Waals surface area contributed by atoms with E-state index in [0.717, 1.165) is 5.56 Å². The molecule has 2 heterocycles. The number of pyridine rings is 2. The van der Waals surface area contributed by atoms with Crippen molar-refractivity contribution < 1.29 is 4.79 Å². The molecule has 0 atom stereocenters. The predicted octanol–water partition coefficient (Wildman–Crippen LogP) is 1.39. The molecule has 6 nitrogen and oxygen atoms in total. The van der Waals surface area contributed by atoms with Crippen LogP contribution in [0, 0.1) is 0 Å². The van der Waals surface area contributed by atoms with Crippen molar-refractivity contribution >= 4 is 23.3 Å². The Morgan fingerprint density at radius 1 is 1.40 bits per heavy atom. The summed E-state index contributed by atoms with van der Waals surface area (Å²) in [5.74, 6) is 5.32. The Morgan fingerprint density at radius 2 is 2.25 bits per heavy atom. The zero-order valence-electron chi connectivity index (χ0n) is 10.6. The molecule has 0 aliphatic carbocycles. The topological polar surface area (TPSA) is 92.9 Å². The second kappa shape index (κ2) is 6.83. The Balaban J connectivity index is 1.90. The third-order valence-corrected chi connectivity index (χ3v) is 2.95. The lowest BCUT2D eigenvalue weighted by atomic mass is 10.2. The third kappa shape index (κ3) is 3.66. The van der Waals surface area contributed by atoms with Gasteiger partial charge in [-0.05, 0) is 24.1 Å². The lowest BCUT2D eigenvalue weighted by molar-refractivity contribution is 0.0954. The zero-order chi connectivity index (χ0) is 14.4. The highest BCUT2D eigenvalue weighted by molar-refractivity contribution is 6.33. The SMILES string of the molecule is NNc1ncc(C(=O)NCCc2cccnc2)cc1Cl. The summed E-state index contributed by atoms with van der Waals surface area (Å²) >= 11 is 5.91. The molecule has 20 heavy (non-hydrogen) atoms. The molecule has 0 unspecified atom stereocenters. The average molecular weight is 292 g/mol. The molecular formula is C13H14ClN5O. The summed E-state index contributed by atoms with van der Waals surface area (Å²) in [6.07, 6.45) is 5.61. The van der Waals surface area contributed by atoms with E-state index in [0.29, 0.717) is 29.4 Å². The van der Waals surface area contributed by atoms with Crippen molar-refractivity contribution in [3.8, 4) is 0 Å². The summed E-state index contributed by atoms with van der Waals surface area (Å²) < 4.78 is 0. The van der Waals surface area contributed by atoms with Crippen LogP contribution in [0.15, 0.2) is 36.8 Å². The van der Waals surface area contributed by atoms with Gasteiger partial charge in [0.15, 0.2) is 5.82 Å². The van der Waals surface area contributed by atoms with Crippen LogP contribution in [0.25, 0.3) is 0 Å². The van der Waals surface area contributed by atoms with Gasteiger partial charge in [0.2, 0.25) is 0 Å². The van der Waals surface area contributed by atoms with Gasteiger partial charge in [-0.25, -0.2) is 10.8 Å². The second-order valence-electron chi connectivity index (χ2n) is 4.07.